The van der Waals surface area contributed by atoms with Crippen molar-refractivity contribution in [1.82, 2.24) is 19.6 Å². The van der Waals surface area contributed by atoms with Crippen LogP contribution in [0.15, 0.2) is 41.7 Å². The Bertz CT molecular complexity index is 774. The molecule has 1 saturated heterocycles. The van der Waals surface area contributed by atoms with Crippen LogP contribution in [0.4, 0.5) is 0 Å². The van der Waals surface area contributed by atoms with E-state index in [1.807, 2.05) is 44.4 Å². The fraction of sp³-hybridized carbons (Fsp3) is 0.565. The van der Waals surface area contributed by atoms with E-state index in [2.05, 4.69) is 37.5 Å². The molecule has 1 aromatic carbocycles. The molecular weight excluding hydrogens is 364 g/mol. The van der Waals surface area contributed by atoms with Gasteiger partial charge in [-0.05, 0) is 33.3 Å². The molecule has 0 N–H and O–H groups in total. The molecule has 6 nitrogen and oxygen atoms in total. The summed E-state index contributed by atoms with van der Waals surface area (Å²) in [7, 11) is 3.66. The lowest BCUT2D eigenvalue weighted by molar-refractivity contribution is -0.174. The molecular formula is C23H34N4O2. The minimum Gasteiger partial charge on any atom is -0.373 e. The first kappa shape index (κ1) is 21.2. The number of rotatable bonds is 8. The summed E-state index contributed by atoms with van der Waals surface area (Å²) in [6.07, 6.45) is 0.0203. The van der Waals surface area contributed by atoms with Crippen molar-refractivity contribution >= 4 is 11.8 Å². The Hall–Kier alpha value is -2.50. The fourth-order valence-corrected chi connectivity index (χ4v) is 5.07. The SMILES string of the molecule is CCN(CC)C1=C(N(CC)CC)C2(Cc3ccccc3)C(=O)N(C)C1N(C)C2=O. The molecule has 1 aromatic rings. The third kappa shape index (κ3) is 3.00. The number of nitrogens with zero attached hydrogens (tertiary/aromatic N) is 4. The maximum absolute atomic E-state index is 13.8. The highest BCUT2D eigenvalue weighted by atomic mass is 16.2. The van der Waals surface area contributed by atoms with Crippen molar-refractivity contribution in [3.63, 3.8) is 0 Å². The molecule has 29 heavy (non-hydrogen) atoms. The molecule has 3 aliphatic rings. The molecule has 2 amide bonds. The van der Waals surface area contributed by atoms with Crippen LogP contribution in [0.25, 0.3) is 0 Å². The van der Waals surface area contributed by atoms with Crippen LogP contribution in [0.1, 0.15) is 33.3 Å². The van der Waals surface area contributed by atoms with Crippen molar-refractivity contribution in [2.75, 3.05) is 40.3 Å². The Kier molecular flexibility index (Phi) is 5.92. The third-order valence-electron chi connectivity index (χ3n) is 6.49. The van der Waals surface area contributed by atoms with Crippen molar-refractivity contribution in [2.45, 2.75) is 40.3 Å². The number of carbonyl (C=O) groups is 2. The molecule has 3 heterocycles. The normalized spacial score (nSPS) is 23.9. The lowest BCUT2D eigenvalue weighted by atomic mass is 9.69. The van der Waals surface area contributed by atoms with Crippen LogP contribution in [0.3, 0.4) is 0 Å². The van der Waals surface area contributed by atoms with Gasteiger partial charge in [-0.3, -0.25) is 9.59 Å². The Labute approximate surface area is 174 Å². The zero-order chi connectivity index (χ0) is 21.3. The average Bonchev–Trinajstić information content (AvgIpc) is 2.74. The van der Waals surface area contributed by atoms with Crippen molar-refractivity contribution < 1.29 is 9.59 Å². The van der Waals surface area contributed by atoms with E-state index in [0.717, 1.165) is 43.1 Å². The van der Waals surface area contributed by atoms with Crippen molar-refractivity contribution in [3.05, 3.63) is 47.3 Å². The van der Waals surface area contributed by atoms with Crippen LogP contribution in [0, 0.1) is 5.41 Å². The molecule has 0 unspecified atom stereocenters. The van der Waals surface area contributed by atoms with Gasteiger partial charge in [-0.25, -0.2) is 0 Å². The van der Waals surface area contributed by atoms with Gasteiger partial charge in [-0.15, -0.1) is 0 Å². The number of hydrogen-bond donors (Lipinski definition) is 0. The highest BCUT2D eigenvalue weighted by Crippen LogP contribution is 2.50. The predicted molar refractivity (Wildman–Crippen MR) is 115 cm³/mol. The third-order valence-corrected chi connectivity index (χ3v) is 6.49. The van der Waals surface area contributed by atoms with Crippen LogP contribution in [0.5, 0.6) is 0 Å². The van der Waals surface area contributed by atoms with Gasteiger partial charge in [0.1, 0.15) is 6.17 Å². The number of likely N-dealkylation sites (N-methyl/N-ethyl adjacent to an activating group) is 3. The Balaban J connectivity index is 2.35. The summed E-state index contributed by atoms with van der Waals surface area (Å²) >= 11 is 0. The maximum Gasteiger partial charge on any atom is 0.246 e. The molecule has 0 aliphatic carbocycles. The van der Waals surface area contributed by atoms with Gasteiger partial charge in [0.05, 0.1) is 11.4 Å². The highest BCUT2D eigenvalue weighted by molar-refractivity contribution is 6.12. The topological polar surface area (TPSA) is 47.1 Å². The van der Waals surface area contributed by atoms with E-state index >= 15 is 0 Å². The Morgan fingerprint density at radius 1 is 0.828 bits per heavy atom. The van der Waals surface area contributed by atoms with E-state index in [1.165, 1.54) is 0 Å². The second kappa shape index (κ2) is 8.09. The van der Waals surface area contributed by atoms with Gasteiger partial charge in [-0.2, -0.15) is 0 Å². The minimum absolute atomic E-state index is 0.0905. The van der Waals surface area contributed by atoms with Gasteiger partial charge >= 0.3 is 0 Å². The molecule has 3 aliphatic heterocycles. The number of amides is 2. The van der Waals surface area contributed by atoms with Crippen LogP contribution in [-0.2, 0) is 16.0 Å². The number of carbonyl (C=O) groups excluding carboxylic acids is 2. The fourth-order valence-electron chi connectivity index (χ4n) is 5.07. The van der Waals surface area contributed by atoms with E-state index in [4.69, 9.17) is 0 Å². The zero-order valence-corrected chi connectivity index (χ0v) is 18.6. The highest BCUT2D eigenvalue weighted by Gasteiger charge is 2.65. The summed E-state index contributed by atoms with van der Waals surface area (Å²) in [6.45, 7) is 11.6. The quantitative estimate of drug-likeness (QED) is 0.631. The second-order valence-electron chi connectivity index (χ2n) is 7.85. The first-order valence-corrected chi connectivity index (χ1v) is 10.7. The Morgan fingerprint density at radius 2 is 1.31 bits per heavy atom. The monoisotopic (exact) mass is 398 g/mol. The van der Waals surface area contributed by atoms with Crippen LogP contribution in [-0.4, -0.2) is 77.9 Å². The predicted octanol–water partition coefficient (Wildman–Crippen LogP) is 2.38. The molecule has 6 heteroatoms. The summed E-state index contributed by atoms with van der Waals surface area (Å²) in [6, 6.07) is 9.91. The summed E-state index contributed by atoms with van der Waals surface area (Å²) < 4.78 is 0. The zero-order valence-electron chi connectivity index (χ0n) is 18.6. The van der Waals surface area contributed by atoms with Crippen LogP contribution < -0.4 is 0 Å². The summed E-state index contributed by atoms with van der Waals surface area (Å²) in [5.41, 5.74) is 1.79. The van der Waals surface area contributed by atoms with E-state index < -0.39 is 5.41 Å². The molecule has 1 fully saturated rings. The van der Waals surface area contributed by atoms with Gasteiger partial charge in [0.2, 0.25) is 11.8 Å². The second-order valence-corrected chi connectivity index (χ2v) is 7.85. The smallest absolute Gasteiger partial charge is 0.246 e. The van der Waals surface area contributed by atoms with Gasteiger partial charge in [0.15, 0.2) is 5.41 Å². The first-order valence-electron chi connectivity index (χ1n) is 10.7. The molecule has 0 spiro atoms. The number of fused-ring (bicyclic) bond motifs is 2. The number of benzene rings is 1. The number of hydrogen-bond acceptors (Lipinski definition) is 4. The maximum atomic E-state index is 13.8. The van der Waals surface area contributed by atoms with Gasteiger partial charge < -0.3 is 19.6 Å². The largest absolute Gasteiger partial charge is 0.373 e. The van der Waals surface area contributed by atoms with Gasteiger partial charge in [0, 0.05) is 46.7 Å². The minimum atomic E-state index is -1.22. The first-order chi connectivity index (χ1) is 13.9. The summed E-state index contributed by atoms with van der Waals surface area (Å²) in [4.78, 5) is 35.6. The Morgan fingerprint density at radius 3 is 1.76 bits per heavy atom. The van der Waals surface area contributed by atoms with Crippen molar-refractivity contribution in [1.29, 1.82) is 0 Å². The van der Waals surface area contributed by atoms with E-state index in [0.29, 0.717) is 6.42 Å². The standard InChI is InChI=1S/C23H34N4O2/c1-7-26(8-2)18-19(27(9-3)10-4)23(16-17-14-12-11-13-15-17)21(28)24(5)20(18)25(6)22(23)29/h11-15,20H,7-10,16H2,1-6H3. The van der Waals surface area contributed by atoms with Gasteiger partial charge in [-0.1, -0.05) is 30.3 Å². The van der Waals surface area contributed by atoms with Crippen LogP contribution in [0.2, 0.25) is 0 Å². The molecule has 4 rings (SSSR count). The molecule has 2 bridgehead atoms. The van der Waals surface area contributed by atoms with Gasteiger partial charge in [0.25, 0.3) is 0 Å². The van der Waals surface area contributed by atoms with Crippen molar-refractivity contribution in [2.24, 2.45) is 5.41 Å². The van der Waals surface area contributed by atoms with Crippen LogP contribution >= 0.6 is 0 Å². The van der Waals surface area contributed by atoms with E-state index in [1.54, 1.807) is 9.80 Å². The lowest BCUT2D eigenvalue weighted by Gasteiger charge is -2.58. The lowest BCUT2D eigenvalue weighted by Crippen LogP contribution is -2.74. The molecule has 0 aromatic heterocycles. The molecule has 158 valence electrons. The van der Waals surface area contributed by atoms with E-state index in [-0.39, 0.29) is 18.0 Å². The summed E-state index contributed by atoms with van der Waals surface area (Å²) in [5.74, 6) is -0.181. The average molecular weight is 399 g/mol. The molecule has 0 saturated carbocycles. The van der Waals surface area contributed by atoms with E-state index in [9.17, 15) is 9.59 Å². The van der Waals surface area contributed by atoms with Crippen molar-refractivity contribution in [3.8, 4) is 0 Å². The summed E-state index contributed by atoms with van der Waals surface area (Å²) in [5, 5.41) is 0. The molecule has 0 atom stereocenters. The molecule has 0 radical (unpaired) electrons.